The Morgan fingerprint density at radius 3 is 1.82 bits per heavy atom. The monoisotopic (exact) mass is 713 g/mol. The van der Waals surface area contributed by atoms with E-state index < -0.39 is 5.97 Å². The van der Waals surface area contributed by atoms with E-state index in [0.29, 0.717) is 0 Å². The molecule has 0 spiro atoms. The van der Waals surface area contributed by atoms with Crippen molar-refractivity contribution >= 4 is 84.8 Å². The molecule has 45 heavy (non-hydrogen) atoms. The lowest BCUT2D eigenvalue weighted by atomic mass is 10.1. The first-order valence-electron chi connectivity index (χ1n) is 14.2. The van der Waals surface area contributed by atoms with E-state index in [-0.39, 0.29) is 5.57 Å². The van der Waals surface area contributed by atoms with Crippen LogP contribution < -0.4 is 4.90 Å². The van der Waals surface area contributed by atoms with Crippen molar-refractivity contribution in [2.45, 2.75) is 0 Å². The van der Waals surface area contributed by atoms with Crippen molar-refractivity contribution in [1.29, 1.82) is 5.26 Å². The van der Waals surface area contributed by atoms with Gasteiger partial charge in [0.05, 0.1) is 11.0 Å². The van der Waals surface area contributed by atoms with E-state index in [9.17, 15) is 9.90 Å². The van der Waals surface area contributed by atoms with Crippen LogP contribution in [0.15, 0.2) is 139 Å². The van der Waals surface area contributed by atoms with E-state index in [4.69, 9.17) is 5.26 Å². The number of nitriles is 1. The van der Waals surface area contributed by atoms with Gasteiger partial charge in [0.25, 0.3) is 0 Å². The summed E-state index contributed by atoms with van der Waals surface area (Å²) < 4.78 is 3.48. The third-order valence-corrected chi connectivity index (χ3v) is 9.51. The van der Waals surface area contributed by atoms with Gasteiger partial charge in [0, 0.05) is 46.8 Å². The highest BCUT2D eigenvalue weighted by Gasteiger charge is 2.16. The summed E-state index contributed by atoms with van der Waals surface area (Å²) in [4.78, 5) is 15.2. The van der Waals surface area contributed by atoms with E-state index in [1.54, 1.807) is 6.07 Å². The van der Waals surface area contributed by atoms with Crippen LogP contribution in [0, 0.1) is 14.9 Å². The molecular formula is C38H24IN3O2S. The minimum Gasteiger partial charge on any atom is -0.477 e. The standard InChI is InChI=1S/C38H24IN3O2S/c39-27-11-15-29(16-12-27)41(28-13-9-25(10-14-28)37-22-21-32(45-37)23-26(24-40)38(43)44)30-17-19-31(20-18-30)42-35-7-3-1-5-33(35)34-6-2-4-8-36(34)42/h1-23H,(H,43,44)/b26-23+. The summed E-state index contributed by atoms with van der Waals surface area (Å²) in [6, 6.07) is 48.1. The Morgan fingerprint density at radius 1 is 0.733 bits per heavy atom. The molecule has 0 aliphatic carbocycles. The van der Waals surface area contributed by atoms with E-state index in [2.05, 4.69) is 153 Å². The molecule has 216 valence electrons. The fourth-order valence-electron chi connectivity index (χ4n) is 5.63. The van der Waals surface area contributed by atoms with Crippen LogP contribution in [0.3, 0.4) is 0 Å². The molecule has 2 heterocycles. The molecule has 2 aromatic heterocycles. The summed E-state index contributed by atoms with van der Waals surface area (Å²) in [5, 5.41) is 20.8. The molecule has 7 rings (SSSR count). The van der Waals surface area contributed by atoms with Gasteiger partial charge in [-0.15, -0.1) is 11.3 Å². The molecule has 0 atom stereocenters. The Kier molecular flexibility index (Phi) is 7.67. The van der Waals surface area contributed by atoms with Gasteiger partial charge in [0.15, 0.2) is 0 Å². The van der Waals surface area contributed by atoms with E-state index in [1.807, 2.05) is 12.1 Å². The van der Waals surface area contributed by atoms with Gasteiger partial charge in [-0.2, -0.15) is 5.26 Å². The van der Waals surface area contributed by atoms with E-state index in [1.165, 1.54) is 42.8 Å². The number of anilines is 3. The number of carbonyl (C=O) groups is 1. The number of halogens is 1. The number of thiophene rings is 1. The minimum atomic E-state index is -1.23. The number of hydrogen-bond donors (Lipinski definition) is 1. The maximum absolute atomic E-state index is 11.3. The van der Waals surface area contributed by atoms with Gasteiger partial charge in [-0.3, -0.25) is 0 Å². The SMILES string of the molecule is N#C/C(=C\c1ccc(-c2ccc(N(c3ccc(I)cc3)c3ccc(-n4c5ccccc5c5ccccc54)cc3)cc2)s1)C(=O)O. The van der Waals surface area contributed by atoms with Gasteiger partial charge < -0.3 is 14.6 Å². The van der Waals surface area contributed by atoms with Crippen LogP contribution in [0.25, 0.3) is 44.0 Å². The van der Waals surface area contributed by atoms with Crippen LogP contribution in [0.4, 0.5) is 17.1 Å². The predicted molar refractivity (Wildman–Crippen MR) is 193 cm³/mol. The number of fused-ring (bicyclic) bond motifs is 3. The highest BCUT2D eigenvalue weighted by atomic mass is 127. The van der Waals surface area contributed by atoms with Crippen molar-refractivity contribution in [3.8, 4) is 22.2 Å². The topological polar surface area (TPSA) is 69.3 Å². The number of carboxylic acid groups (broad SMARTS) is 1. The molecule has 0 saturated heterocycles. The van der Waals surface area contributed by atoms with Crippen molar-refractivity contribution < 1.29 is 9.90 Å². The van der Waals surface area contributed by atoms with Crippen LogP contribution in [-0.4, -0.2) is 15.6 Å². The summed E-state index contributed by atoms with van der Waals surface area (Å²) in [7, 11) is 0. The van der Waals surface area contributed by atoms with E-state index in [0.717, 1.165) is 38.1 Å². The predicted octanol–water partition coefficient (Wildman–Crippen LogP) is 10.6. The molecular weight excluding hydrogens is 689 g/mol. The number of aliphatic carboxylic acids is 1. The van der Waals surface area contributed by atoms with Gasteiger partial charge in [-0.05, 0) is 119 Å². The van der Waals surface area contributed by atoms with Crippen molar-refractivity contribution in [2.24, 2.45) is 0 Å². The second-order valence-electron chi connectivity index (χ2n) is 10.4. The average molecular weight is 714 g/mol. The number of hydrogen-bond acceptors (Lipinski definition) is 4. The Labute approximate surface area is 277 Å². The zero-order valence-corrected chi connectivity index (χ0v) is 26.7. The molecule has 0 saturated carbocycles. The smallest absolute Gasteiger partial charge is 0.346 e. The second-order valence-corrected chi connectivity index (χ2v) is 12.8. The van der Waals surface area contributed by atoms with Gasteiger partial charge >= 0.3 is 5.97 Å². The number of para-hydroxylation sites is 2. The quantitative estimate of drug-likeness (QED) is 0.101. The first kappa shape index (κ1) is 28.6. The van der Waals surface area contributed by atoms with Crippen LogP contribution in [-0.2, 0) is 4.79 Å². The lowest BCUT2D eigenvalue weighted by molar-refractivity contribution is -0.132. The summed E-state index contributed by atoms with van der Waals surface area (Å²) in [5.74, 6) is -1.23. The number of carboxylic acids is 1. The molecule has 0 unspecified atom stereocenters. The normalized spacial score (nSPS) is 11.5. The Bertz CT molecular complexity index is 2210. The third-order valence-electron chi connectivity index (χ3n) is 7.71. The maximum atomic E-state index is 11.3. The summed E-state index contributed by atoms with van der Waals surface area (Å²) in [6.07, 6.45) is 1.41. The Hall–Kier alpha value is -5.17. The third kappa shape index (κ3) is 5.50. The Morgan fingerprint density at radius 2 is 1.27 bits per heavy atom. The molecule has 0 aliphatic heterocycles. The lowest BCUT2D eigenvalue weighted by Gasteiger charge is -2.26. The molecule has 1 N–H and O–H groups in total. The zero-order valence-electron chi connectivity index (χ0n) is 23.8. The molecule has 7 aromatic rings. The molecule has 0 amide bonds. The summed E-state index contributed by atoms with van der Waals surface area (Å²) >= 11 is 3.77. The first-order chi connectivity index (χ1) is 22.0. The van der Waals surface area contributed by atoms with Gasteiger partial charge in [-0.1, -0.05) is 48.5 Å². The first-order valence-corrected chi connectivity index (χ1v) is 16.1. The van der Waals surface area contributed by atoms with Crippen molar-refractivity contribution in [2.75, 3.05) is 4.90 Å². The van der Waals surface area contributed by atoms with Crippen LogP contribution in [0.5, 0.6) is 0 Å². The largest absolute Gasteiger partial charge is 0.477 e. The second kappa shape index (κ2) is 12.1. The molecule has 5 nitrogen and oxygen atoms in total. The average Bonchev–Trinajstić information content (AvgIpc) is 3.68. The van der Waals surface area contributed by atoms with Crippen molar-refractivity contribution in [3.63, 3.8) is 0 Å². The van der Waals surface area contributed by atoms with Crippen LogP contribution >= 0.6 is 33.9 Å². The van der Waals surface area contributed by atoms with Gasteiger partial charge in [-0.25, -0.2) is 4.79 Å². The fourth-order valence-corrected chi connectivity index (χ4v) is 6.95. The molecule has 0 radical (unpaired) electrons. The molecule has 5 aromatic carbocycles. The molecule has 0 fully saturated rings. The number of nitrogens with zero attached hydrogens (tertiary/aromatic N) is 3. The number of benzene rings is 5. The summed E-state index contributed by atoms with van der Waals surface area (Å²) in [6.45, 7) is 0. The molecule has 0 aliphatic rings. The Balaban J connectivity index is 1.26. The number of aromatic nitrogens is 1. The lowest BCUT2D eigenvalue weighted by Crippen LogP contribution is -2.10. The minimum absolute atomic E-state index is 0.281. The van der Waals surface area contributed by atoms with Gasteiger partial charge in [0.1, 0.15) is 11.6 Å². The number of rotatable bonds is 7. The van der Waals surface area contributed by atoms with Crippen LogP contribution in [0.1, 0.15) is 4.88 Å². The van der Waals surface area contributed by atoms with Gasteiger partial charge in [0.2, 0.25) is 0 Å². The van der Waals surface area contributed by atoms with E-state index >= 15 is 0 Å². The molecule has 7 heteroatoms. The van der Waals surface area contributed by atoms with Crippen molar-refractivity contribution in [3.05, 3.63) is 147 Å². The molecule has 0 bridgehead atoms. The fraction of sp³-hybridized carbons (Fsp3) is 0. The maximum Gasteiger partial charge on any atom is 0.346 e. The van der Waals surface area contributed by atoms with Crippen LogP contribution in [0.2, 0.25) is 0 Å². The van der Waals surface area contributed by atoms with Crippen molar-refractivity contribution in [1.82, 2.24) is 4.57 Å². The highest BCUT2D eigenvalue weighted by molar-refractivity contribution is 14.1. The zero-order chi connectivity index (χ0) is 30.9. The summed E-state index contributed by atoms with van der Waals surface area (Å²) in [5.41, 5.74) is 7.28. The highest BCUT2D eigenvalue weighted by Crippen LogP contribution is 2.38.